The van der Waals surface area contributed by atoms with E-state index in [1.54, 1.807) is 11.8 Å². The van der Waals surface area contributed by atoms with Gasteiger partial charge in [0, 0.05) is 16.1 Å². The highest BCUT2D eigenvalue weighted by molar-refractivity contribution is 9.10. The fourth-order valence-electron chi connectivity index (χ4n) is 2.11. The monoisotopic (exact) mass is 343 g/mol. The molecule has 0 aliphatic heterocycles. The molecule has 0 spiro atoms. The Morgan fingerprint density at radius 3 is 2.48 bits per heavy atom. The molecule has 2 aromatic carbocycles. The molecule has 3 rings (SSSR count). The van der Waals surface area contributed by atoms with Gasteiger partial charge >= 0.3 is 0 Å². The average molecular weight is 344 g/mol. The summed E-state index contributed by atoms with van der Waals surface area (Å²) in [5.74, 6) is 1.41. The number of aromatic nitrogens is 2. The fourth-order valence-corrected chi connectivity index (χ4v) is 2.57. The standard InChI is InChI=1S/C16H14BrN3O/c1-21-12-8-6-11(7-9-12)14-10-16(18)20(19-14)15-5-3-2-4-13(15)17/h2-10H,18H2,1H3. The highest BCUT2D eigenvalue weighted by Gasteiger charge is 2.10. The lowest BCUT2D eigenvalue weighted by atomic mass is 10.1. The van der Waals surface area contributed by atoms with Gasteiger partial charge in [0.1, 0.15) is 11.6 Å². The van der Waals surface area contributed by atoms with Gasteiger partial charge in [-0.3, -0.25) is 0 Å². The molecule has 0 atom stereocenters. The van der Waals surface area contributed by atoms with Crippen LogP contribution in [0.4, 0.5) is 5.82 Å². The number of nitrogens with zero attached hydrogens (tertiary/aromatic N) is 2. The van der Waals surface area contributed by atoms with Crippen molar-refractivity contribution in [3.8, 4) is 22.7 Å². The number of benzene rings is 2. The minimum Gasteiger partial charge on any atom is -0.497 e. The summed E-state index contributed by atoms with van der Waals surface area (Å²) >= 11 is 3.52. The van der Waals surface area contributed by atoms with Crippen molar-refractivity contribution in [3.63, 3.8) is 0 Å². The zero-order chi connectivity index (χ0) is 14.8. The lowest BCUT2D eigenvalue weighted by Crippen LogP contribution is -2.02. The molecule has 0 bridgehead atoms. The quantitative estimate of drug-likeness (QED) is 0.784. The maximum atomic E-state index is 6.09. The van der Waals surface area contributed by atoms with Crippen LogP contribution in [-0.4, -0.2) is 16.9 Å². The van der Waals surface area contributed by atoms with Crippen LogP contribution in [0.15, 0.2) is 59.1 Å². The van der Waals surface area contributed by atoms with Crippen LogP contribution in [0.3, 0.4) is 0 Å². The maximum Gasteiger partial charge on any atom is 0.127 e. The summed E-state index contributed by atoms with van der Waals surface area (Å²) in [6, 6.07) is 17.4. The number of para-hydroxylation sites is 1. The van der Waals surface area contributed by atoms with Crippen LogP contribution in [-0.2, 0) is 0 Å². The fraction of sp³-hybridized carbons (Fsp3) is 0.0625. The van der Waals surface area contributed by atoms with Gasteiger partial charge in [0.05, 0.1) is 18.5 Å². The Morgan fingerprint density at radius 2 is 1.81 bits per heavy atom. The summed E-state index contributed by atoms with van der Waals surface area (Å²) in [7, 11) is 1.65. The Balaban J connectivity index is 2.03. The first-order valence-corrected chi connectivity index (χ1v) is 7.23. The van der Waals surface area contributed by atoms with Crippen molar-refractivity contribution in [3.05, 3.63) is 59.1 Å². The molecule has 0 amide bonds. The van der Waals surface area contributed by atoms with Gasteiger partial charge in [-0.05, 0) is 52.3 Å². The Labute approximate surface area is 131 Å². The van der Waals surface area contributed by atoms with Crippen LogP contribution in [0.5, 0.6) is 5.75 Å². The van der Waals surface area contributed by atoms with Crippen LogP contribution in [0.2, 0.25) is 0 Å². The maximum absolute atomic E-state index is 6.09. The van der Waals surface area contributed by atoms with Crippen LogP contribution in [0.25, 0.3) is 16.9 Å². The van der Waals surface area contributed by atoms with E-state index in [2.05, 4.69) is 21.0 Å². The molecule has 0 unspecified atom stereocenters. The Bertz CT molecular complexity index is 765. The zero-order valence-corrected chi connectivity index (χ0v) is 13.0. The summed E-state index contributed by atoms with van der Waals surface area (Å²) in [6.45, 7) is 0. The predicted octanol–water partition coefficient (Wildman–Crippen LogP) is 3.89. The third kappa shape index (κ3) is 2.64. The molecular weight excluding hydrogens is 330 g/mol. The van der Waals surface area contributed by atoms with Gasteiger partial charge in [0.2, 0.25) is 0 Å². The van der Waals surface area contributed by atoms with Crippen molar-refractivity contribution in [2.24, 2.45) is 0 Å². The predicted molar refractivity (Wildman–Crippen MR) is 87.7 cm³/mol. The third-order valence-electron chi connectivity index (χ3n) is 3.20. The highest BCUT2D eigenvalue weighted by Crippen LogP contribution is 2.27. The van der Waals surface area contributed by atoms with Crippen molar-refractivity contribution < 1.29 is 4.74 Å². The molecule has 0 radical (unpaired) electrons. The van der Waals surface area contributed by atoms with Crippen LogP contribution in [0, 0.1) is 0 Å². The van der Waals surface area contributed by atoms with Crippen molar-refractivity contribution >= 4 is 21.7 Å². The Kier molecular flexibility index (Phi) is 3.66. The van der Waals surface area contributed by atoms with E-state index in [1.807, 2.05) is 54.6 Å². The van der Waals surface area contributed by atoms with Gasteiger partial charge in [-0.15, -0.1) is 0 Å². The van der Waals surface area contributed by atoms with Crippen LogP contribution >= 0.6 is 15.9 Å². The van der Waals surface area contributed by atoms with Gasteiger partial charge in [-0.2, -0.15) is 5.10 Å². The summed E-state index contributed by atoms with van der Waals surface area (Å²) in [4.78, 5) is 0. The second-order valence-electron chi connectivity index (χ2n) is 4.55. The number of anilines is 1. The second-order valence-corrected chi connectivity index (χ2v) is 5.40. The van der Waals surface area contributed by atoms with E-state index >= 15 is 0 Å². The molecule has 2 N–H and O–H groups in total. The molecule has 5 heteroatoms. The number of hydrogen-bond donors (Lipinski definition) is 1. The van der Waals surface area contributed by atoms with E-state index < -0.39 is 0 Å². The molecule has 106 valence electrons. The molecule has 0 aliphatic rings. The SMILES string of the molecule is COc1ccc(-c2cc(N)n(-c3ccccc3Br)n2)cc1. The third-order valence-corrected chi connectivity index (χ3v) is 3.87. The number of ether oxygens (including phenoxy) is 1. The van der Waals surface area contributed by atoms with Gasteiger partial charge in [-0.25, -0.2) is 4.68 Å². The molecule has 0 fully saturated rings. The molecule has 0 aliphatic carbocycles. The minimum absolute atomic E-state index is 0.590. The number of halogens is 1. The number of methoxy groups -OCH3 is 1. The number of hydrogen-bond acceptors (Lipinski definition) is 3. The van der Waals surface area contributed by atoms with E-state index in [4.69, 9.17) is 10.5 Å². The average Bonchev–Trinajstić information content (AvgIpc) is 2.90. The Morgan fingerprint density at radius 1 is 1.10 bits per heavy atom. The molecule has 1 heterocycles. The van der Waals surface area contributed by atoms with E-state index in [9.17, 15) is 0 Å². The summed E-state index contributed by atoms with van der Waals surface area (Å²) in [5, 5.41) is 4.59. The second kappa shape index (κ2) is 5.61. The molecule has 21 heavy (non-hydrogen) atoms. The molecule has 1 aromatic heterocycles. The zero-order valence-electron chi connectivity index (χ0n) is 11.5. The van der Waals surface area contributed by atoms with Gasteiger partial charge in [-0.1, -0.05) is 12.1 Å². The van der Waals surface area contributed by atoms with Crippen LogP contribution in [0.1, 0.15) is 0 Å². The number of nitrogen functional groups attached to an aromatic ring is 1. The summed E-state index contributed by atoms with van der Waals surface area (Å²) in [5.41, 5.74) is 8.82. The van der Waals surface area contributed by atoms with E-state index in [0.29, 0.717) is 5.82 Å². The largest absolute Gasteiger partial charge is 0.497 e. The topological polar surface area (TPSA) is 53.1 Å². The lowest BCUT2D eigenvalue weighted by molar-refractivity contribution is 0.415. The van der Waals surface area contributed by atoms with Crippen molar-refractivity contribution in [1.29, 1.82) is 0 Å². The first kappa shape index (κ1) is 13.7. The van der Waals surface area contributed by atoms with Gasteiger partial charge in [0.25, 0.3) is 0 Å². The van der Waals surface area contributed by atoms with E-state index in [1.165, 1.54) is 0 Å². The van der Waals surface area contributed by atoms with Gasteiger partial charge in [0.15, 0.2) is 0 Å². The number of nitrogens with two attached hydrogens (primary N) is 1. The van der Waals surface area contributed by atoms with Crippen molar-refractivity contribution in [2.75, 3.05) is 12.8 Å². The first-order valence-electron chi connectivity index (χ1n) is 6.44. The molecular formula is C16H14BrN3O. The minimum atomic E-state index is 0.590. The van der Waals surface area contributed by atoms with Crippen molar-refractivity contribution in [1.82, 2.24) is 9.78 Å². The lowest BCUT2D eigenvalue weighted by Gasteiger charge is -2.05. The van der Waals surface area contributed by atoms with E-state index in [0.717, 1.165) is 27.2 Å². The molecule has 3 aromatic rings. The Hall–Kier alpha value is -2.27. The molecule has 4 nitrogen and oxygen atoms in total. The number of rotatable bonds is 3. The normalized spacial score (nSPS) is 10.6. The highest BCUT2D eigenvalue weighted by atomic mass is 79.9. The molecule has 0 saturated heterocycles. The summed E-state index contributed by atoms with van der Waals surface area (Å²) in [6.07, 6.45) is 0. The smallest absolute Gasteiger partial charge is 0.127 e. The summed E-state index contributed by atoms with van der Waals surface area (Å²) < 4.78 is 7.83. The van der Waals surface area contributed by atoms with Crippen molar-refractivity contribution in [2.45, 2.75) is 0 Å². The first-order chi connectivity index (χ1) is 10.2. The van der Waals surface area contributed by atoms with E-state index in [-0.39, 0.29) is 0 Å². The van der Waals surface area contributed by atoms with Gasteiger partial charge < -0.3 is 10.5 Å². The van der Waals surface area contributed by atoms with Crippen LogP contribution < -0.4 is 10.5 Å². The molecule has 0 saturated carbocycles.